The van der Waals surface area contributed by atoms with Crippen molar-refractivity contribution in [3.05, 3.63) is 48.7 Å². The molecule has 0 radical (unpaired) electrons. The summed E-state index contributed by atoms with van der Waals surface area (Å²) < 4.78 is 38.4. The molecule has 1 atom stereocenters. The van der Waals surface area contributed by atoms with Gasteiger partial charge in [-0.15, -0.1) is 10.2 Å². The minimum atomic E-state index is -3.67. The van der Waals surface area contributed by atoms with Gasteiger partial charge in [0.25, 0.3) is 0 Å². The molecule has 3 heterocycles. The predicted octanol–water partition coefficient (Wildman–Crippen LogP) is 1.88. The normalized spacial score (nSPS) is 17.9. The highest BCUT2D eigenvalue weighted by molar-refractivity contribution is 7.89. The number of methoxy groups -OCH3 is 1. The van der Waals surface area contributed by atoms with E-state index in [4.69, 9.17) is 9.47 Å². The van der Waals surface area contributed by atoms with E-state index in [1.54, 1.807) is 36.5 Å². The number of hydrogen-bond acceptors (Lipinski definition) is 7. The summed E-state index contributed by atoms with van der Waals surface area (Å²) >= 11 is 0. The first kappa shape index (κ1) is 17.6. The van der Waals surface area contributed by atoms with E-state index in [1.807, 2.05) is 12.1 Å². The molecule has 0 amide bonds. The van der Waals surface area contributed by atoms with Crippen LogP contribution in [-0.2, 0) is 10.0 Å². The van der Waals surface area contributed by atoms with E-state index in [9.17, 15) is 8.42 Å². The molecule has 0 aliphatic carbocycles. The second kappa shape index (κ2) is 7.09. The van der Waals surface area contributed by atoms with Crippen LogP contribution in [0.1, 0.15) is 6.42 Å². The fourth-order valence-corrected chi connectivity index (χ4v) is 4.74. The Hall–Kier alpha value is -2.78. The van der Waals surface area contributed by atoms with Crippen molar-refractivity contribution in [2.45, 2.75) is 17.4 Å². The van der Waals surface area contributed by atoms with E-state index in [2.05, 4.69) is 15.2 Å². The Morgan fingerprint density at radius 3 is 2.63 bits per heavy atom. The third-order valence-corrected chi connectivity index (χ3v) is 6.33. The maximum atomic E-state index is 13.1. The molecule has 0 unspecified atom stereocenters. The van der Waals surface area contributed by atoms with Crippen molar-refractivity contribution in [3.63, 3.8) is 0 Å². The zero-order valence-electron chi connectivity index (χ0n) is 14.6. The van der Waals surface area contributed by atoms with Gasteiger partial charge in [0.05, 0.1) is 19.2 Å². The molecule has 0 spiro atoms. The second-order valence-electron chi connectivity index (χ2n) is 6.14. The maximum Gasteiger partial charge on any atom is 0.245 e. The van der Waals surface area contributed by atoms with Gasteiger partial charge in [0.15, 0.2) is 0 Å². The van der Waals surface area contributed by atoms with E-state index in [-0.39, 0.29) is 17.5 Å². The number of ether oxygens (including phenoxy) is 2. The van der Waals surface area contributed by atoms with Gasteiger partial charge in [0.1, 0.15) is 11.0 Å². The summed E-state index contributed by atoms with van der Waals surface area (Å²) in [6, 6.07) is 12.1. The van der Waals surface area contributed by atoms with Gasteiger partial charge in [0, 0.05) is 30.3 Å². The summed E-state index contributed by atoms with van der Waals surface area (Å²) in [7, 11) is -2.16. The molecule has 27 heavy (non-hydrogen) atoms. The van der Waals surface area contributed by atoms with Crippen molar-refractivity contribution >= 4 is 20.9 Å². The van der Waals surface area contributed by atoms with Crippen LogP contribution in [0.3, 0.4) is 0 Å². The van der Waals surface area contributed by atoms with Crippen molar-refractivity contribution in [1.29, 1.82) is 0 Å². The van der Waals surface area contributed by atoms with Crippen LogP contribution in [0.25, 0.3) is 10.9 Å². The van der Waals surface area contributed by atoms with E-state index in [0.29, 0.717) is 30.2 Å². The highest BCUT2D eigenvalue weighted by Crippen LogP contribution is 2.27. The molecule has 1 saturated heterocycles. The van der Waals surface area contributed by atoms with Gasteiger partial charge < -0.3 is 9.47 Å². The van der Waals surface area contributed by atoms with Gasteiger partial charge in [-0.05, 0) is 18.6 Å². The lowest BCUT2D eigenvalue weighted by molar-refractivity contribution is 0.203. The number of fused-ring (bicyclic) bond motifs is 1. The van der Waals surface area contributed by atoms with Gasteiger partial charge in [-0.25, -0.2) is 8.42 Å². The van der Waals surface area contributed by atoms with Crippen LogP contribution in [0.5, 0.6) is 11.8 Å². The van der Waals surface area contributed by atoms with E-state index >= 15 is 0 Å². The predicted molar refractivity (Wildman–Crippen MR) is 98.1 cm³/mol. The molecule has 1 fully saturated rings. The molecule has 0 bridgehead atoms. The highest BCUT2D eigenvalue weighted by Gasteiger charge is 2.35. The van der Waals surface area contributed by atoms with Crippen LogP contribution in [0.2, 0.25) is 0 Å². The van der Waals surface area contributed by atoms with Crippen LogP contribution in [0.15, 0.2) is 53.6 Å². The molecular formula is C18H18N4O4S. The minimum Gasteiger partial charge on any atom is -0.480 e. The fraction of sp³-hybridized carbons (Fsp3) is 0.278. The van der Waals surface area contributed by atoms with Crippen molar-refractivity contribution < 1.29 is 17.9 Å². The molecule has 1 aliphatic rings. The first-order chi connectivity index (χ1) is 13.1. The van der Waals surface area contributed by atoms with Crippen molar-refractivity contribution in [1.82, 2.24) is 19.5 Å². The Kier molecular flexibility index (Phi) is 4.63. The SMILES string of the molecule is COc1ccc(O[C@H]2CCN(S(=O)(=O)c3cccc4cccnc34)C2)nn1. The van der Waals surface area contributed by atoms with Gasteiger partial charge in [0.2, 0.25) is 21.8 Å². The Labute approximate surface area is 156 Å². The number of sulfonamides is 1. The molecule has 8 nitrogen and oxygen atoms in total. The number of rotatable bonds is 5. The first-order valence-electron chi connectivity index (χ1n) is 8.46. The van der Waals surface area contributed by atoms with Crippen molar-refractivity contribution in [2.75, 3.05) is 20.2 Å². The molecule has 3 aromatic rings. The fourth-order valence-electron chi connectivity index (χ4n) is 3.09. The summed E-state index contributed by atoms with van der Waals surface area (Å²) in [5.41, 5.74) is 0.477. The largest absolute Gasteiger partial charge is 0.480 e. The Morgan fingerprint density at radius 1 is 1.07 bits per heavy atom. The van der Waals surface area contributed by atoms with Crippen molar-refractivity contribution in [2.24, 2.45) is 0 Å². The van der Waals surface area contributed by atoms with Gasteiger partial charge >= 0.3 is 0 Å². The number of hydrogen-bond donors (Lipinski definition) is 0. The maximum absolute atomic E-state index is 13.1. The Morgan fingerprint density at radius 2 is 1.85 bits per heavy atom. The lowest BCUT2D eigenvalue weighted by atomic mass is 10.2. The van der Waals surface area contributed by atoms with E-state index < -0.39 is 10.0 Å². The van der Waals surface area contributed by atoms with Crippen molar-refractivity contribution in [3.8, 4) is 11.8 Å². The molecular weight excluding hydrogens is 368 g/mol. The molecule has 4 rings (SSSR count). The Bertz CT molecular complexity index is 1050. The van der Waals surface area contributed by atoms with Crippen LogP contribution in [0.4, 0.5) is 0 Å². The number of para-hydroxylation sites is 1. The van der Waals surface area contributed by atoms with E-state index in [0.717, 1.165) is 5.39 Å². The second-order valence-corrected chi connectivity index (χ2v) is 8.04. The number of pyridine rings is 1. The summed E-state index contributed by atoms with van der Waals surface area (Å²) in [5, 5.41) is 8.57. The minimum absolute atomic E-state index is 0.213. The smallest absolute Gasteiger partial charge is 0.245 e. The van der Waals surface area contributed by atoms with E-state index in [1.165, 1.54) is 11.4 Å². The molecule has 140 valence electrons. The average molecular weight is 386 g/mol. The molecule has 2 aromatic heterocycles. The number of benzene rings is 1. The standard InChI is InChI=1S/C18H18N4O4S/c1-25-16-7-8-17(21-20-16)26-14-9-11-22(12-14)27(23,24)15-6-2-4-13-5-3-10-19-18(13)15/h2-8,10,14H,9,11-12H2,1H3/t14-/m0/s1. The third kappa shape index (κ3) is 3.43. The zero-order chi connectivity index (χ0) is 18.9. The van der Waals surface area contributed by atoms with Crippen LogP contribution < -0.4 is 9.47 Å². The van der Waals surface area contributed by atoms with Gasteiger partial charge in [-0.2, -0.15) is 4.31 Å². The molecule has 9 heteroatoms. The van der Waals surface area contributed by atoms with Crippen LogP contribution in [0, 0.1) is 0 Å². The molecule has 1 aromatic carbocycles. The van der Waals surface area contributed by atoms with Crippen LogP contribution in [-0.4, -0.2) is 54.2 Å². The van der Waals surface area contributed by atoms with Gasteiger partial charge in [-0.1, -0.05) is 18.2 Å². The summed E-state index contributed by atoms with van der Waals surface area (Å²) in [6.45, 7) is 0.624. The quantitative estimate of drug-likeness (QED) is 0.661. The molecule has 0 saturated carbocycles. The lowest BCUT2D eigenvalue weighted by Gasteiger charge is -2.17. The summed E-state index contributed by atoms with van der Waals surface area (Å²) in [6.07, 6.45) is 1.88. The summed E-state index contributed by atoms with van der Waals surface area (Å²) in [5.74, 6) is 0.730. The molecule has 1 aliphatic heterocycles. The monoisotopic (exact) mass is 386 g/mol. The third-order valence-electron chi connectivity index (χ3n) is 4.43. The first-order valence-corrected chi connectivity index (χ1v) is 9.90. The highest BCUT2D eigenvalue weighted by atomic mass is 32.2. The van der Waals surface area contributed by atoms with Crippen LogP contribution >= 0.6 is 0 Å². The topological polar surface area (TPSA) is 94.5 Å². The van der Waals surface area contributed by atoms with Gasteiger partial charge in [-0.3, -0.25) is 4.98 Å². The number of aromatic nitrogens is 3. The zero-order valence-corrected chi connectivity index (χ0v) is 15.5. The summed E-state index contributed by atoms with van der Waals surface area (Å²) in [4.78, 5) is 4.47. The average Bonchev–Trinajstić information content (AvgIpc) is 3.17. The Balaban J connectivity index is 1.53. The number of nitrogens with zero attached hydrogens (tertiary/aromatic N) is 4. The lowest BCUT2D eigenvalue weighted by Crippen LogP contribution is -2.31. The molecule has 0 N–H and O–H groups in total.